The highest BCUT2D eigenvalue weighted by Gasteiger charge is 2.21. The molecular weight excluding hydrogens is 306 g/mol. The third kappa shape index (κ3) is 4.20. The lowest BCUT2D eigenvalue weighted by atomic mass is 10.2. The minimum Gasteiger partial charge on any atom is -0.366 e. The maximum absolute atomic E-state index is 11.9. The van der Waals surface area contributed by atoms with E-state index in [0.29, 0.717) is 25.3 Å². The number of aromatic amines is 1. The van der Waals surface area contributed by atoms with Gasteiger partial charge in [-0.15, -0.1) is 0 Å². The van der Waals surface area contributed by atoms with Gasteiger partial charge in [0, 0.05) is 32.2 Å². The first kappa shape index (κ1) is 16.8. The zero-order valence-corrected chi connectivity index (χ0v) is 13.7. The molecule has 1 fully saturated rings. The van der Waals surface area contributed by atoms with Gasteiger partial charge >= 0.3 is 0 Å². The standard InChI is InChI=1S/C14H22ClN5O2/c1-3-10(2)17-12(21)9-19-4-6-20(7-5-19)11-8-16-18-14(22)13(11)15/h8,10H,3-7,9H2,1-2H3,(H,17,21)(H,18,22)/t10-/m0/s1. The van der Waals surface area contributed by atoms with E-state index in [2.05, 4.69) is 20.4 Å². The van der Waals surface area contributed by atoms with Gasteiger partial charge in [-0.2, -0.15) is 5.10 Å². The molecule has 2 rings (SSSR count). The summed E-state index contributed by atoms with van der Waals surface area (Å²) in [6.45, 7) is 7.36. The summed E-state index contributed by atoms with van der Waals surface area (Å²) in [6.07, 6.45) is 2.49. The van der Waals surface area contributed by atoms with E-state index in [9.17, 15) is 9.59 Å². The average Bonchev–Trinajstić information content (AvgIpc) is 2.50. The van der Waals surface area contributed by atoms with Crippen molar-refractivity contribution < 1.29 is 4.79 Å². The van der Waals surface area contributed by atoms with Crippen LogP contribution >= 0.6 is 11.6 Å². The van der Waals surface area contributed by atoms with Crippen molar-refractivity contribution in [3.8, 4) is 0 Å². The Balaban J connectivity index is 1.87. The van der Waals surface area contributed by atoms with Crippen molar-refractivity contribution in [2.24, 2.45) is 0 Å². The summed E-state index contributed by atoms with van der Waals surface area (Å²) in [6, 6.07) is 0.203. The Labute approximate surface area is 134 Å². The Morgan fingerprint density at radius 1 is 1.45 bits per heavy atom. The number of nitrogens with one attached hydrogen (secondary N) is 2. The molecule has 2 heterocycles. The summed E-state index contributed by atoms with van der Waals surface area (Å²) in [5.74, 6) is 0.0543. The van der Waals surface area contributed by atoms with Crippen LogP contribution in [0.1, 0.15) is 20.3 Å². The number of H-pyrrole nitrogens is 1. The fourth-order valence-corrected chi connectivity index (χ4v) is 2.58. The molecule has 0 bridgehead atoms. The number of rotatable bonds is 5. The van der Waals surface area contributed by atoms with Crippen LogP contribution in [0.15, 0.2) is 11.0 Å². The molecule has 1 aromatic heterocycles. The van der Waals surface area contributed by atoms with Crippen LogP contribution in [-0.4, -0.2) is 59.8 Å². The van der Waals surface area contributed by atoms with Gasteiger partial charge in [-0.05, 0) is 13.3 Å². The van der Waals surface area contributed by atoms with Gasteiger partial charge in [0.05, 0.1) is 18.4 Å². The minimum atomic E-state index is -0.380. The minimum absolute atomic E-state index is 0.0543. The van der Waals surface area contributed by atoms with Crippen LogP contribution in [0, 0.1) is 0 Å². The van der Waals surface area contributed by atoms with Gasteiger partial charge in [-0.1, -0.05) is 18.5 Å². The lowest BCUT2D eigenvalue weighted by Crippen LogP contribution is -2.50. The molecule has 7 nitrogen and oxygen atoms in total. The molecule has 1 saturated heterocycles. The third-order valence-electron chi connectivity index (χ3n) is 3.88. The molecule has 1 amide bonds. The molecule has 8 heteroatoms. The summed E-state index contributed by atoms with van der Waals surface area (Å²) in [7, 11) is 0. The quantitative estimate of drug-likeness (QED) is 0.821. The maximum Gasteiger partial charge on any atom is 0.285 e. The highest BCUT2D eigenvalue weighted by atomic mass is 35.5. The lowest BCUT2D eigenvalue weighted by molar-refractivity contribution is -0.122. The van der Waals surface area contributed by atoms with Crippen LogP contribution in [0.3, 0.4) is 0 Å². The second-order valence-electron chi connectivity index (χ2n) is 5.54. The summed E-state index contributed by atoms with van der Waals surface area (Å²) in [4.78, 5) is 27.5. The first-order chi connectivity index (χ1) is 10.5. The normalized spacial score (nSPS) is 17.3. The summed E-state index contributed by atoms with van der Waals surface area (Å²) < 4.78 is 0. The Morgan fingerprint density at radius 2 is 2.14 bits per heavy atom. The molecular formula is C14H22ClN5O2. The van der Waals surface area contributed by atoms with Crippen molar-refractivity contribution in [1.82, 2.24) is 20.4 Å². The number of hydrogen-bond donors (Lipinski definition) is 2. The Hall–Kier alpha value is -1.60. The van der Waals surface area contributed by atoms with Gasteiger partial charge in [-0.25, -0.2) is 5.10 Å². The van der Waals surface area contributed by atoms with Crippen molar-refractivity contribution in [3.63, 3.8) is 0 Å². The molecule has 1 aliphatic heterocycles. The van der Waals surface area contributed by atoms with Crippen LogP contribution in [0.2, 0.25) is 5.02 Å². The highest BCUT2D eigenvalue weighted by molar-refractivity contribution is 6.32. The van der Waals surface area contributed by atoms with E-state index in [-0.39, 0.29) is 22.5 Å². The Kier molecular flexibility index (Phi) is 5.79. The van der Waals surface area contributed by atoms with Crippen molar-refractivity contribution in [3.05, 3.63) is 21.6 Å². The van der Waals surface area contributed by atoms with E-state index in [1.807, 2.05) is 18.7 Å². The predicted octanol–water partition coefficient (Wildman–Crippen LogP) is 0.460. The van der Waals surface area contributed by atoms with Crippen molar-refractivity contribution in [1.29, 1.82) is 0 Å². The van der Waals surface area contributed by atoms with Gasteiger partial charge in [-0.3, -0.25) is 14.5 Å². The zero-order valence-electron chi connectivity index (χ0n) is 12.9. The Bertz CT molecular complexity index is 569. The molecule has 1 aromatic rings. The molecule has 1 atom stereocenters. The number of aromatic nitrogens is 2. The van der Waals surface area contributed by atoms with Crippen LogP contribution < -0.4 is 15.8 Å². The molecule has 2 N–H and O–H groups in total. The van der Waals surface area contributed by atoms with E-state index in [1.54, 1.807) is 6.20 Å². The van der Waals surface area contributed by atoms with Crippen molar-refractivity contribution >= 4 is 23.2 Å². The Morgan fingerprint density at radius 3 is 2.77 bits per heavy atom. The van der Waals surface area contributed by atoms with Gasteiger partial charge in [0.2, 0.25) is 5.91 Å². The van der Waals surface area contributed by atoms with Crippen molar-refractivity contribution in [2.75, 3.05) is 37.6 Å². The number of hydrogen-bond acceptors (Lipinski definition) is 5. The summed E-state index contributed by atoms with van der Waals surface area (Å²) >= 11 is 6.02. The van der Waals surface area contributed by atoms with Crippen LogP contribution in [0.4, 0.5) is 5.69 Å². The fraction of sp³-hybridized carbons (Fsp3) is 0.643. The molecule has 1 aliphatic rings. The smallest absolute Gasteiger partial charge is 0.285 e. The molecule has 0 spiro atoms. The number of carbonyl (C=O) groups excluding carboxylic acids is 1. The van der Waals surface area contributed by atoms with Crippen LogP contribution in [0.5, 0.6) is 0 Å². The van der Waals surface area contributed by atoms with Gasteiger partial charge < -0.3 is 10.2 Å². The lowest BCUT2D eigenvalue weighted by Gasteiger charge is -2.35. The number of halogens is 1. The van der Waals surface area contributed by atoms with Gasteiger partial charge in [0.25, 0.3) is 5.56 Å². The summed E-state index contributed by atoms with van der Waals surface area (Å²) in [5, 5.41) is 9.23. The largest absolute Gasteiger partial charge is 0.366 e. The number of piperazine rings is 1. The second-order valence-corrected chi connectivity index (χ2v) is 5.92. The monoisotopic (exact) mass is 327 g/mol. The molecule has 0 aromatic carbocycles. The number of carbonyl (C=O) groups is 1. The first-order valence-corrected chi connectivity index (χ1v) is 7.89. The number of amides is 1. The van der Waals surface area contributed by atoms with E-state index in [4.69, 9.17) is 11.6 Å². The molecule has 0 aliphatic carbocycles. The van der Waals surface area contributed by atoms with E-state index >= 15 is 0 Å². The molecule has 0 radical (unpaired) electrons. The van der Waals surface area contributed by atoms with E-state index < -0.39 is 0 Å². The maximum atomic E-state index is 11.9. The number of nitrogens with zero attached hydrogens (tertiary/aromatic N) is 3. The third-order valence-corrected chi connectivity index (χ3v) is 4.24. The average molecular weight is 328 g/mol. The van der Waals surface area contributed by atoms with Crippen molar-refractivity contribution in [2.45, 2.75) is 26.3 Å². The number of anilines is 1. The fourth-order valence-electron chi connectivity index (χ4n) is 2.37. The second kappa shape index (κ2) is 7.60. The molecule has 122 valence electrons. The van der Waals surface area contributed by atoms with Crippen LogP contribution in [-0.2, 0) is 4.79 Å². The van der Waals surface area contributed by atoms with E-state index in [0.717, 1.165) is 19.5 Å². The summed E-state index contributed by atoms with van der Waals surface area (Å²) in [5.41, 5.74) is 0.267. The van der Waals surface area contributed by atoms with Crippen LogP contribution in [0.25, 0.3) is 0 Å². The molecule has 22 heavy (non-hydrogen) atoms. The van der Waals surface area contributed by atoms with Gasteiger partial charge in [0.1, 0.15) is 5.02 Å². The highest BCUT2D eigenvalue weighted by Crippen LogP contribution is 2.21. The van der Waals surface area contributed by atoms with E-state index in [1.165, 1.54) is 0 Å². The topological polar surface area (TPSA) is 81.3 Å². The SMILES string of the molecule is CC[C@H](C)NC(=O)CN1CCN(c2cn[nH]c(=O)c2Cl)CC1. The zero-order chi connectivity index (χ0) is 16.1. The first-order valence-electron chi connectivity index (χ1n) is 7.51. The molecule has 0 saturated carbocycles. The predicted molar refractivity (Wildman–Crippen MR) is 86.4 cm³/mol. The molecule has 0 unspecified atom stereocenters. The van der Waals surface area contributed by atoms with Gasteiger partial charge in [0.15, 0.2) is 0 Å².